The first-order chi connectivity index (χ1) is 8.12. The Kier molecular flexibility index (Phi) is 11.1. The average Bonchev–Trinajstić information content (AvgIpc) is 2.28. The molecule has 0 bridgehead atoms. The van der Waals surface area contributed by atoms with Crippen LogP contribution in [-0.4, -0.2) is 0 Å². The molecule has 0 aliphatic rings. The lowest BCUT2D eigenvalue weighted by atomic mass is 9.82. The molecule has 17 heavy (non-hydrogen) atoms. The number of rotatable bonds is 12. The fraction of sp³-hybridized carbons (Fsp3) is 0.941. The van der Waals surface area contributed by atoms with Crippen molar-refractivity contribution in [3.8, 4) is 0 Å². The third-order valence-electron chi connectivity index (χ3n) is 3.81. The second-order valence-electron chi connectivity index (χ2n) is 6.35. The Morgan fingerprint density at radius 2 is 1.18 bits per heavy atom. The Morgan fingerprint density at radius 3 is 1.71 bits per heavy atom. The van der Waals surface area contributed by atoms with Crippen molar-refractivity contribution in [3.63, 3.8) is 0 Å². The van der Waals surface area contributed by atoms with Crippen molar-refractivity contribution in [3.05, 3.63) is 6.92 Å². The highest BCUT2D eigenvalue weighted by molar-refractivity contribution is 4.68. The van der Waals surface area contributed by atoms with Gasteiger partial charge in [0, 0.05) is 0 Å². The van der Waals surface area contributed by atoms with Gasteiger partial charge < -0.3 is 0 Å². The zero-order valence-corrected chi connectivity index (χ0v) is 12.7. The normalized spacial score (nSPS) is 12.0. The smallest absolute Gasteiger partial charge is 0.0354 e. The molecule has 0 nitrogen and oxygen atoms in total. The van der Waals surface area contributed by atoms with Gasteiger partial charge in [-0.25, -0.2) is 0 Å². The zero-order chi connectivity index (χ0) is 13.0. The van der Waals surface area contributed by atoms with Gasteiger partial charge in [0.2, 0.25) is 0 Å². The fourth-order valence-corrected chi connectivity index (χ4v) is 2.47. The second-order valence-corrected chi connectivity index (χ2v) is 6.35. The van der Waals surface area contributed by atoms with Gasteiger partial charge in [0.25, 0.3) is 0 Å². The van der Waals surface area contributed by atoms with Crippen molar-refractivity contribution in [1.29, 1.82) is 0 Å². The highest BCUT2D eigenvalue weighted by Gasteiger charge is 2.16. The zero-order valence-electron chi connectivity index (χ0n) is 12.7. The molecule has 0 spiro atoms. The third-order valence-corrected chi connectivity index (χ3v) is 3.81. The van der Waals surface area contributed by atoms with E-state index in [4.69, 9.17) is 0 Å². The summed E-state index contributed by atoms with van der Waals surface area (Å²) in [7, 11) is 0. The van der Waals surface area contributed by atoms with E-state index in [-0.39, 0.29) is 0 Å². The average molecular weight is 239 g/mol. The Morgan fingerprint density at radius 1 is 0.706 bits per heavy atom. The molecule has 0 aromatic carbocycles. The van der Waals surface area contributed by atoms with Crippen LogP contribution < -0.4 is 0 Å². The summed E-state index contributed by atoms with van der Waals surface area (Å²) < 4.78 is 0. The maximum atomic E-state index is 3.92. The minimum atomic E-state index is 0.568. The van der Waals surface area contributed by atoms with Crippen molar-refractivity contribution < 1.29 is 0 Å². The molecule has 0 aliphatic carbocycles. The van der Waals surface area contributed by atoms with Crippen LogP contribution in [-0.2, 0) is 0 Å². The SMILES string of the molecule is [CH2]CCCCC(C)(C)CCCCCCCCC. The lowest BCUT2D eigenvalue weighted by Gasteiger charge is -2.24. The Labute approximate surface area is 111 Å². The van der Waals surface area contributed by atoms with Crippen molar-refractivity contribution in [2.24, 2.45) is 5.41 Å². The maximum absolute atomic E-state index is 3.92. The molecule has 0 heteroatoms. The van der Waals surface area contributed by atoms with Crippen LogP contribution in [0.1, 0.15) is 97.8 Å². The van der Waals surface area contributed by atoms with E-state index >= 15 is 0 Å². The third kappa shape index (κ3) is 12.2. The molecular weight excluding hydrogens is 204 g/mol. The number of hydrogen-bond acceptors (Lipinski definition) is 0. The van der Waals surface area contributed by atoms with Gasteiger partial charge in [0.1, 0.15) is 0 Å². The van der Waals surface area contributed by atoms with Gasteiger partial charge in [-0.3, -0.25) is 0 Å². The monoisotopic (exact) mass is 239 g/mol. The summed E-state index contributed by atoms with van der Waals surface area (Å²) in [5.74, 6) is 0. The van der Waals surface area contributed by atoms with E-state index in [1.165, 1.54) is 70.6 Å². The molecule has 0 unspecified atom stereocenters. The van der Waals surface area contributed by atoms with Crippen LogP contribution in [0, 0.1) is 12.3 Å². The summed E-state index contributed by atoms with van der Waals surface area (Å²) in [6, 6.07) is 0. The van der Waals surface area contributed by atoms with E-state index in [1.807, 2.05) is 0 Å². The molecule has 0 saturated heterocycles. The van der Waals surface area contributed by atoms with Crippen LogP contribution in [0.2, 0.25) is 0 Å². The first-order valence-electron chi connectivity index (χ1n) is 7.91. The molecule has 0 aliphatic heterocycles. The van der Waals surface area contributed by atoms with Gasteiger partial charge in [-0.1, -0.05) is 91.9 Å². The van der Waals surface area contributed by atoms with Gasteiger partial charge in [0.05, 0.1) is 0 Å². The summed E-state index contributed by atoms with van der Waals surface area (Å²) in [6.07, 6.45) is 16.6. The minimum Gasteiger partial charge on any atom is -0.0654 e. The molecule has 1 radical (unpaired) electrons. The molecular formula is C17H35. The van der Waals surface area contributed by atoms with Crippen LogP contribution in [0.5, 0.6) is 0 Å². The van der Waals surface area contributed by atoms with Crippen molar-refractivity contribution in [2.45, 2.75) is 97.8 Å². The molecule has 0 N–H and O–H groups in total. The lowest BCUT2D eigenvalue weighted by molar-refractivity contribution is 0.284. The Hall–Kier alpha value is 0. The van der Waals surface area contributed by atoms with E-state index in [0.717, 1.165) is 6.42 Å². The van der Waals surface area contributed by atoms with Gasteiger partial charge in [-0.2, -0.15) is 0 Å². The quantitative estimate of drug-likeness (QED) is 0.339. The Balaban J connectivity index is 3.32. The first kappa shape index (κ1) is 17.0. The van der Waals surface area contributed by atoms with E-state index in [1.54, 1.807) is 0 Å². The predicted molar refractivity (Wildman–Crippen MR) is 80.2 cm³/mol. The minimum absolute atomic E-state index is 0.568. The lowest BCUT2D eigenvalue weighted by Crippen LogP contribution is -2.10. The van der Waals surface area contributed by atoms with Crippen LogP contribution in [0.4, 0.5) is 0 Å². The second kappa shape index (κ2) is 11.1. The largest absolute Gasteiger partial charge is 0.0654 e. The first-order valence-corrected chi connectivity index (χ1v) is 7.91. The molecule has 0 aromatic heterocycles. The van der Waals surface area contributed by atoms with Crippen molar-refractivity contribution in [1.82, 2.24) is 0 Å². The predicted octanol–water partition coefficient (Wildman–Crippen LogP) is 6.55. The molecule has 0 saturated carbocycles. The highest BCUT2D eigenvalue weighted by Crippen LogP contribution is 2.30. The highest BCUT2D eigenvalue weighted by atomic mass is 14.2. The van der Waals surface area contributed by atoms with Gasteiger partial charge in [-0.05, 0) is 18.3 Å². The molecule has 0 rings (SSSR count). The van der Waals surface area contributed by atoms with E-state index in [0.29, 0.717) is 5.41 Å². The van der Waals surface area contributed by atoms with Crippen molar-refractivity contribution >= 4 is 0 Å². The standard InChI is InChI=1S/C17H35/c1-5-7-9-10-11-12-14-16-17(3,4)15-13-8-6-2/h2,5-16H2,1,3-4H3. The molecule has 0 fully saturated rings. The molecule has 103 valence electrons. The topological polar surface area (TPSA) is 0 Å². The van der Waals surface area contributed by atoms with Gasteiger partial charge >= 0.3 is 0 Å². The van der Waals surface area contributed by atoms with Gasteiger partial charge in [0.15, 0.2) is 0 Å². The number of unbranched alkanes of at least 4 members (excludes halogenated alkanes) is 8. The van der Waals surface area contributed by atoms with E-state index in [9.17, 15) is 0 Å². The van der Waals surface area contributed by atoms with E-state index < -0.39 is 0 Å². The summed E-state index contributed by atoms with van der Waals surface area (Å²) in [5, 5.41) is 0. The molecule has 0 atom stereocenters. The van der Waals surface area contributed by atoms with Crippen LogP contribution in [0.15, 0.2) is 0 Å². The van der Waals surface area contributed by atoms with Crippen LogP contribution in [0.25, 0.3) is 0 Å². The molecule has 0 aromatic rings. The fourth-order valence-electron chi connectivity index (χ4n) is 2.47. The summed E-state index contributed by atoms with van der Waals surface area (Å²) >= 11 is 0. The van der Waals surface area contributed by atoms with Crippen LogP contribution in [0.3, 0.4) is 0 Å². The van der Waals surface area contributed by atoms with E-state index in [2.05, 4.69) is 27.7 Å². The summed E-state index contributed by atoms with van der Waals surface area (Å²) in [6.45, 7) is 11.1. The maximum Gasteiger partial charge on any atom is -0.0354 e. The Bertz CT molecular complexity index is 146. The molecule has 0 amide bonds. The summed E-state index contributed by atoms with van der Waals surface area (Å²) in [5.41, 5.74) is 0.568. The molecule has 0 heterocycles. The van der Waals surface area contributed by atoms with Crippen molar-refractivity contribution in [2.75, 3.05) is 0 Å². The van der Waals surface area contributed by atoms with Crippen LogP contribution >= 0.6 is 0 Å². The number of hydrogen-bond donors (Lipinski definition) is 0. The summed E-state index contributed by atoms with van der Waals surface area (Å²) in [4.78, 5) is 0. The van der Waals surface area contributed by atoms with Gasteiger partial charge in [-0.15, -0.1) is 0 Å².